The molecular weight excluding hydrogens is 445 g/mol. The van der Waals surface area contributed by atoms with E-state index < -0.39 is 53.8 Å². The normalized spacial score (nSPS) is 16.1. The fourth-order valence-electron chi connectivity index (χ4n) is 3.49. The number of aryl methyl sites for hydroxylation is 1. The van der Waals surface area contributed by atoms with E-state index >= 15 is 0 Å². The summed E-state index contributed by atoms with van der Waals surface area (Å²) in [6, 6.07) is 5.00. The lowest BCUT2D eigenvalue weighted by molar-refractivity contribution is -0.140. The summed E-state index contributed by atoms with van der Waals surface area (Å²) in [7, 11) is 0. The Balaban J connectivity index is 2.13. The van der Waals surface area contributed by atoms with Crippen molar-refractivity contribution in [3.8, 4) is 5.75 Å². The van der Waals surface area contributed by atoms with Gasteiger partial charge in [-0.3, -0.25) is 14.4 Å². The fourth-order valence-corrected chi connectivity index (χ4v) is 3.49. The third-order valence-electron chi connectivity index (χ3n) is 5.15. The van der Waals surface area contributed by atoms with Crippen molar-refractivity contribution in [2.45, 2.75) is 58.3 Å². The SMILES string of the molecule is Cc1cc(CN2C(=O)C(C(=O)NCC(=O)O)=C(O)CC2(C)C)ccc1OCCCC(F)(F)F. The Morgan fingerprint density at radius 1 is 1.27 bits per heavy atom. The smallest absolute Gasteiger partial charge is 0.389 e. The Labute approximate surface area is 189 Å². The highest BCUT2D eigenvalue weighted by Gasteiger charge is 2.42. The van der Waals surface area contributed by atoms with Crippen molar-refractivity contribution >= 4 is 17.8 Å². The number of rotatable bonds is 9. The van der Waals surface area contributed by atoms with Crippen LogP contribution in [0.25, 0.3) is 0 Å². The van der Waals surface area contributed by atoms with Gasteiger partial charge in [0.05, 0.1) is 6.61 Å². The molecule has 0 saturated heterocycles. The molecule has 0 radical (unpaired) electrons. The number of hydrogen-bond donors (Lipinski definition) is 3. The summed E-state index contributed by atoms with van der Waals surface area (Å²) in [5.41, 5.74) is 0.0121. The fraction of sp³-hybridized carbons (Fsp3) is 0.500. The van der Waals surface area contributed by atoms with Crippen LogP contribution in [0.2, 0.25) is 0 Å². The summed E-state index contributed by atoms with van der Waals surface area (Å²) in [5, 5.41) is 21.1. The van der Waals surface area contributed by atoms with Gasteiger partial charge in [0.25, 0.3) is 11.8 Å². The van der Waals surface area contributed by atoms with Gasteiger partial charge >= 0.3 is 12.1 Å². The summed E-state index contributed by atoms with van der Waals surface area (Å²) in [5.74, 6) is -2.99. The van der Waals surface area contributed by atoms with E-state index in [0.717, 1.165) is 0 Å². The van der Waals surface area contributed by atoms with Gasteiger partial charge in [-0.05, 0) is 44.4 Å². The number of aliphatic carboxylic acids is 1. The largest absolute Gasteiger partial charge is 0.511 e. The van der Waals surface area contributed by atoms with E-state index in [4.69, 9.17) is 9.84 Å². The zero-order valence-electron chi connectivity index (χ0n) is 18.6. The van der Waals surface area contributed by atoms with Crippen molar-refractivity contribution < 1.29 is 42.5 Å². The van der Waals surface area contributed by atoms with E-state index in [0.29, 0.717) is 16.9 Å². The average molecular weight is 472 g/mol. The van der Waals surface area contributed by atoms with Crippen molar-refractivity contribution in [3.05, 3.63) is 40.7 Å². The molecule has 0 spiro atoms. The number of alkyl halides is 3. The van der Waals surface area contributed by atoms with Gasteiger partial charge in [0.2, 0.25) is 0 Å². The molecular formula is C22H27F3N2O6. The topological polar surface area (TPSA) is 116 Å². The molecule has 33 heavy (non-hydrogen) atoms. The zero-order chi connectivity index (χ0) is 25.0. The minimum Gasteiger partial charge on any atom is -0.511 e. The van der Waals surface area contributed by atoms with E-state index in [-0.39, 0.29) is 26.0 Å². The highest BCUT2D eigenvalue weighted by Crippen LogP contribution is 2.33. The van der Waals surface area contributed by atoms with E-state index in [2.05, 4.69) is 5.32 Å². The highest BCUT2D eigenvalue weighted by molar-refractivity contribution is 6.19. The third-order valence-corrected chi connectivity index (χ3v) is 5.15. The number of carbonyl (C=O) groups is 3. The molecule has 0 aliphatic carbocycles. The maximum absolute atomic E-state index is 13.0. The van der Waals surface area contributed by atoms with Crippen molar-refractivity contribution in [2.24, 2.45) is 0 Å². The first-order valence-electron chi connectivity index (χ1n) is 10.2. The summed E-state index contributed by atoms with van der Waals surface area (Å²) in [4.78, 5) is 37.4. The zero-order valence-corrected chi connectivity index (χ0v) is 18.6. The average Bonchev–Trinajstić information content (AvgIpc) is 2.66. The molecule has 2 rings (SSSR count). The summed E-state index contributed by atoms with van der Waals surface area (Å²) < 4.78 is 42.2. The molecule has 1 aliphatic rings. The van der Waals surface area contributed by atoms with Crippen LogP contribution in [0, 0.1) is 6.92 Å². The number of carboxylic acids is 1. The van der Waals surface area contributed by atoms with Crippen LogP contribution in [-0.4, -0.2) is 57.8 Å². The monoisotopic (exact) mass is 472 g/mol. The van der Waals surface area contributed by atoms with Crippen molar-refractivity contribution in [3.63, 3.8) is 0 Å². The number of aliphatic hydroxyl groups excluding tert-OH is 1. The second-order valence-corrected chi connectivity index (χ2v) is 8.45. The number of hydrogen-bond acceptors (Lipinski definition) is 5. The molecule has 0 saturated carbocycles. The van der Waals surface area contributed by atoms with Gasteiger partial charge in [-0.15, -0.1) is 0 Å². The molecule has 0 unspecified atom stereocenters. The minimum absolute atomic E-state index is 0.00600. The maximum Gasteiger partial charge on any atom is 0.389 e. The second-order valence-electron chi connectivity index (χ2n) is 8.45. The van der Waals surface area contributed by atoms with Crippen LogP contribution in [0.4, 0.5) is 13.2 Å². The van der Waals surface area contributed by atoms with Crippen LogP contribution in [0.1, 0.15) is 44.2 Å². The predicted octanol–water partition coefficient (Wildman–Crippen LogP) is 3.24. The molecule has 1 aromatic carbocycles. The maximum atomic E-state index is 13.0. The molecule has 1 heterocycles. The molecule has 0 bridgehead atoms. The molecule has 8 nitrogen and oxygen atoms in total. The van der Waals surface area contributed by atoms with Gasteiger partial charge in [0, 0.05) is 24.9 Å². The first-order chi connectivity index (χ1) is 15.2. The number of ether oxygens (including phenoxy) is 1. The number of amides is 2. The third kappa shape index (κ3) is 7.13. The van der Waals surface area contributed by atoms with E-state index in [1.165, 1.54) is 4.90 Å². The molecule has 11 heteroatoms. The van der Waals surface area contributed by atoms with Gasteiger partial charge in [-0.2, -0.15) is 13.2 Å². The number of carboxylic acid groups (broad SMARTS) is 1. The first-order valence-corrected chi connectivity index (χ1v) is 10.2. The van der Waals surface area contributed by atoms with E-state index in [9.17, 15) is 32.7 Å². The van der Waals surface area contributed by atoms with Crippen molar-refractivity contribution in [2.75, 3.05) is 13.2 Å². The summed E-state index contributed by atoms with van der Waals surface area (Å²) >= 11 is 0. The number of benzene rings is 1. The number of halogens is 3. The molecule has 0 atom stereocenters. The van der Waals surface area contributed by atoms with Crippen LogP contribution < -0.4 is 10.1 Å². The van der Waals surface area contributed by atoms with Crippen LogP contribution in [-0.2, 0) is 20.9 Å². The summed E-state index contributed by atoms with van der Waals surface area (Å²) in [6.45, 7) is 4.47. The summed E-state index contributed by atoms with van der Waals surface area (Å²) in [6.07, 6.45) is -5.33. The first kappa shape index (κ1) is 26.0. The van der Waals surface area contributed by atoms with Crippen LogP contribution in [0.3, 0.4) is 0 Å². The predicted molar refractivity (Wildman–Crippen MR) is 112 cm³/mol. The molecule has 182 valence electrons. The molecule has 1 aromatic rings. The Hall–Kier alpha value is -3.24. The minimum atomic E-state index is -4.23. The Morgan fingerprint density at radius 3 is 2.52 bits per heavy atom. The van der Waals surface area contributed by atoms with Gasteiger partial charge in [-0.1, -0.05) is 12.1 Å². The van der Waals surface area contributed by atoms with Crippen molar-refractivity contribution in [1.29, 1.82) is 0 Å². The van der Waals surface area contributed by atoms with E-state index in [1.54, 1.807) is 39.0 Å². The van der Waals surface area contributed by atoms with Crippen LogP contribution in [0.15, 0.2) is 29.5 Å². The molecule has 3 N–H and O–H groups in total. The Bertz CT molecular complexity index is 956. The van der Waals surface area contributed by atoms with Crippen LogP contribution in [0.5, 0.6) is 5.75 Å². The lowest BCUT2D eigenvalue weighted by Gasteiger charge is -2.42. The van der Waals surface area contributed by atoms with Gasteiger partial charge in [-0.25, -0.2) is 0 Å². The standard InChI is InChI=1S/C22H27F3N2O6/c1-13-9-14(5-6-16(13)33-8-4-7-22(23,24)25)12-27-20(32)18(15(28)10-21(27,2)3)19(31)26-11-17(29)30/h5-6,9,28H,4,7-8,10-12H2,1-3H3,(H,26,31)(H,29,30). The lowest BCUT2D eigenvalue weighted by atomic mass is 9.88. The van der Waals surface area contributed by atoms with Gasteiger partial charge in [0.15, 0.2) is 0 Å². The number of nitrogens with one attached hydrogen (secondary N) is 1. The lowest BCUT2D eigenvalue weighted by Crippen LogP contribution is -2.53. The number of aliphatic hydroxyl groups is 1. The quantitative estimate of drug-likeness (QED) is 0.375. The van der Waals surface area contributed by atoms with Gasteiger partial charge in [0.1, 0.15) is 23.6 Å². The number of carbonyl (C=O) groups excluding carboxylic acids is 2. The van der Waals surface area contributed by atoms with Crippen LogP contribution >= 0.6 is 0 Å². The molecule has 0 aromatic heterocycles. The Kier molecular flexibility index (Phi) is 7.99. The highest BCUT2D eigenvalue weighted by atomic mass is 19.4. The Morgan fingerprint density at radius 2 is 1.94 bits per heavy atom. The van der Waals surface area contributed by atoms with Gasteiger partial charge < -0.3 is 25.2 Å². The second kappa shape index (κ2) is 10.1. The van der Waals surface area contributed by atoms with Crippen molar-refractivity contribution in [1.82, 2.24) is 10.2 Å². The molecule has 0 fully saturated rings. The van der Waals surface area contributed by atoms with E-state index in [1.807, 2.05) is 0 Å². The molecule has 2 amide bonds. The number of nitrogens with zero attached hydrogens (tertiary/aromatic N) is 1. The molecule has 1 aliphatic heterocycles.